The average Bonchev–Trinajstić information content (AvgIpc) is 1.91. The van der Waals surface area contributed by atoms with E-state index in [4.69, 9.17) is 9.59 Å². The Hall–Kier alpha value is -1.67. The second-order valence-corrected chi connectivity index (χ2v) is 1.31. The number of hydrogen-bond donors (Lipinski definition) is 1. The molecule has 0 aliphatic heterocycles. The van der Waals surface area contributed by atoms with E-state index in [0.717, 1.165) is 0 Å². The fourth-order valence-corrected chi connectivity index (χ4v) is 0.377. The van der Waals surface area contributed by atoms with E-state index in [0.29, 0.717) is 0 Å². The van der Waals surface area contributed by atoms with Gasteiger partial charge >= 0.3 is 6.15 Å². The largest absolute Gasteiger partial charge is 0.373 e. The Kier molecular flexibility index (Phi) is 4.55. The van der Waals surface area contributed by atoms with Crippen LogP contribution < -0.4 is 5.56 Å². The van der Waals surface area contributed by atoms with Crippen molar-refractivity contribution in [3.05, 3.63) is 34.7 Å². The molecule has 1 rings (SSSR count). The standard InChI is InChI=1S/C5H5NO.CO2/c7-5-3-1-2-4-6-5;2-1-3/h1-4H,(H,6,7);. The Morgan fingerprint density at radius 1 is 1.30 bits per heavy atom. The van der Waals surface area contributed by atoms with E-state index in [1.54, 1.807) is 18.3 Å². The first kappa shape index (κ1) is 8.33. The summed E-state index contributed by atoms with van der Waals surface area (Å²) in [6.45, 7) is 0. The fourth-order valence-electron chi connectivity index (χ4n) is 0.377. The van der Waals surface area contributed by atoms with Crippen molar-refractivity contribution >= 4 is 6.15 Å². The van der Waals surface area contributed by atoms with Crippen LogP contribution in [0.3, 0.4) is 0 Å². The molecule has 0 fully saturated rings. The molecule has 0 amide bonds. The lowest BCUT2D eigenvalue weighted by Crippen LogP contribution is -1.98. The molecule has 4 heteroatoms. The minimum atomic E-state index is -0.0532. The van der Waals surface area contributed by atoms with Gasteiger partial charge in [-0.2, -0.15) is 9.59 Å². The van der Waals surface area contributed by atoms with Crippen LogP contribution in [0, 0.1) is 0 Å². The van der Waals surface area contributed by atoms with E-state index in [2.05, 4.69) is 4.98 Å². The van der Waals surface area contributed by atoms with Gasteiger partial charge in [-0.3, -0.25) is 4.79 Å². The Morgan fingerprint density at radius 3 is 2.10 bits per heavy atom. The average molecular weight is 139 g/mol. The summed E-state index contributed by atoms with van der Waals surface area (Å²) in [5.74, 6) is 0. The highest BCUT2D eigenvalue weighted by Gasteiger charge is 1.69. The van der Waals surface area contributed by atoms with Crippen molar-refractivity contribution in [2.75, 3.05) is 0 Å². The molecule has 0 saturated carbocycles. The van der Waals surface area contributed by atoms with E-state index in [1.807, 2.05) is 0 Å². The third kappa shape index (κ3) is 4.49. The van der Waals surface area contributed by atoms with Crippen LogP contribution in [0.4, 0.5) is 0 Å². The van der Waals surface area contributed by atoms with E-state index < -0.39 is 0 Å². The summed E-state index contributed by atoms with van der Waals surface area (Å²) in [6, 6.07) is 4.93. The number of pyridine rings is 1. The van der Waals surface area contributed by atoms with Crippen molar-refractivity contribution in [3.63, 3.8) is 0 Å². The summed E-state index contributed by atoms with van der Waals surface area (Å²) < 4.78 is 0. The normalized spacial score (nSPS) is 6.80. The van der Waals surface area contributed by atoms with Gasteiger partial charge in [0.1, 0.15) is 0 Å². The Balaban J connectivity index is 0.000000236. The minimum Gasteiger partial charge on any atom is -0.329 e. The molecule has 0 aliphatic rings. The predicted octanol–water partition coefficient (Wildman–Crippen LogP) is -0.209. The summed E-state index contributed by atoms with van der Waals surface area (Å²) in [7, 11) is 0. The van der Waals surface area contributed by atoms with Gasteiger partial charge in [0.15, 0.2) is 0 Å². The lowest BCUT2D eigenvalue weighted by Gasteiger charge is -1.73. The van der Waals surface area contributed by atoms with Crippen LogP contribution >= 0.6 is 0 Å². The third-order valence-electron chi connectivity index (χ3n) is 0.681. The molecule has 0 saturated heterocycles. The lowest BCUT2D eigenvalue weighted by molar-refractivity contribution is -0.191. The molecule has 1 aromatic rings. The Morgan fingerprint density at radius 2 is 1.90 bits per heavy atom. The van der Waals surface area contributed by atoms with Crippen molar-refractivity contribution in [2.24, 2.45) is 0 Å². The maximum atomic E-state index is 10.2. The van der Waals surface area contributed by atoms with Crippen LogP contribution in [-0.2, 0) is 9.59 Å². The minimum absolute atomic E-state index is 0.0532. The van der Waals surface area contributed by atoms with Gasteiger partial charge in [0.05, 0.1) is 0 Å². The van der Waals surface area contributed by atoms with E-state index in [1.165, 1.54) is 6.07 Å². The van der Waals surface area contributed by atoms with Gasteiger partial charge in [0.2, 0.25) is 5.56 Å². The second-order valence-electron chi connectivity index (χ2n) is 1.31. The predicted molar refractivity (Wildman–Crippen MR) is 32.1 cm³/mol. The van der Waals surface area contributed by atoms with Crippen molar-refractivity contribution in [2.45, 2.75) is 0 Å². The Labute approximate surface area is 56.5 Å². The molecular weight excluding hydrogens is 134 g/mol. The molecule has 0 spiro atoms. The molecule has 10 heavy (non-hydrogen) atoms. The van der Waals surface area contributed by atoms with Crippen LogP contribution in [0.5, 0.6) is 0 Å². The number of nitrogens with one attached hydrogen (secondary N) is 1. The van der Waals surface area contributed by atoms with Crippen molar-refractivity contribution in [1.82, 2.24) is 4.98 Å². The quantitative estimate of drug-likeness (QED) is 0.540. The highest BCUT2D eigenvalue weighted by Crippen LogP contribution is 1.67. The second kappa shape index (κ2) is 5.47. The molecule has 0 bridgehead atoms. The smallest absolute Gasteiger partial charge is 0.329 e. The molecule has 0 radical (unpaired) electrons. The van der Waals surface area contributed by atoms with Crippen molar-refractivity contribution in [3.8, 4) is 0 Å². The maximum absolute atomic E-state index is 10.2. The van der Waals surface area contributed by atoms with Gasteiger partial charge in [-0.25, -0.2) is 0 Å². The van der Waals surface area contributed by atoms with Crippen LogP contribution in [0.1, 0.15) is 0 Å². The van der Waals surface area contributed by atoms with Crippen molar-refractivity contribution in [1.29, 1.82) is 0 Å². The molecule has 1 heterocycles. The molecule has 1 N–H and O–H groups in total. The number of H-pyrrole nitrogens is 1. The van der Waals surface area contributed by atoms with Crippen molar-refractivity contribution < 1.29 is 9.59 Å². The summed E-state index contributed by atoms with van der Waals surface area (Å²) in [5, 5.41) is 0. The maximum Gasteiger partial charge on any atom is 0.373 e. The first-order chi connectivity index (χ1) is 4.81. The zero-order valence-corrected chi connectivity index (χ0v) is 5.03. The lowest BCUT2D eigenvalue weighted by atomic mass is 10.5. The number of hydrogen-bond acceptors (Lipinski definition) is 3. The number of rotatable bonds is 0. The van der Waals surface area contributed by atoms with Gasteiger partial charge in [0.25, 0.3) is 0 Å². The van der Waals surface area contributed by atoms with Gasteiger partial charge in [-0.15, -0.1) is 0 Å². The van der Waals surface area contributed by atoms with Gasteiger partial charge in [-0.1, -0.05) is 6.07 Å². The summed E-state index contributed by atoms with van der Waals surface area (Å²) in [4.78, 5) is 28.9. The number of aromatic nitrogens is 1. The molecule has 0 aliphatic carbocycles. The number of carbonyl (C=O) groups excluding carboxylic acids is 2. The molecule has 4 nitrogen and oxygen atoms in total. The van der Waals surface area contributed by atoms with Crippen LogP contribution in [0.25, 0.3) is 0 Å². The van der Waals surface area contributed by atoms with E-state index in [-0.39, 0.29) is 11.7 Å². The zero-order valence-electron chi connectivity index (χ0n) is 5.03. The molecule has 52 valence electrons. The zero-order chi connectivity index (χ0) is 7.82. The molecule has 0 atom stereocenters. The number of aromatic amines is 1. The van der Waals surface area contributed by atoms with Crippen LogP contribution in [0.2, 0.25) is 0 Å². The van der Waals surface area contributed by atoms with Crippen LogP contribution in [-0.4, -0.2) is 11.1 Å². The molecular formula is C6H5NO3. The monoisotopic (exact) mass is 139 g/mol. The first-order valence-electron chi connectivity index (χ1n) is 2.44. The van der Waals surface area contributed by atoms with E-state index >= 15 is 0 Å². The van der Waals surface area contributed by atoms with Gasteiger partial charge in [0, 0.05) is 12.3 Å². The van der Waals surface area contributed by atoms with E-state index in [9.17, 15) is 4.79 Å². The molecule has 0 aromatic carbocycles. The highest BCUT2D eigenvalue weighted by atomic mass is 16.2. The topological polar surface area (TPSA) is 67.0 Å². The SMILES string of the molecule is O=C=O.O=c1cccc[nH]1. The van der Waals surface area contributed by atoms with Gasteiger partial charge in [-0.05, 0) is 6.07 Å². The molecule has 0 unspecified atom stereocenters. The summed E-state index contributed by atoms with van der Waals surface area (Å²) in [5.41, 5.74) is -0.0532. The molecule has 1 aromatic heterocycles. The summed E-state index contributed by atoms with van der Waals surface area (Å²) in [6.07, 6.45) is 1.85. The third-order valence-corrected chi connectivity index (χ3v) is 0.681. The fraction of sp³-hybridized carbons (Fsp3) is 0. The first-order valence-corrected chi connectivity index (χ1v) is 2.44. The van der Waals surface area contributed by atoms with Gasteiger partial charge < -0.3 is 4.98 Å². The van der Waals surface area contributed by atoms with Crippen LogP contribution in [0.15, 0.2) is 29.2 Å². The highest BCUT2D eigenvalue weighted by molar-refractivity contribution is 5.20. The Bertz CT molecular complexity index is 242. The summed E-state index contributed by atoms with van der Waals surface area (Å²) >= 11 is 0.